The van der Waals surface area contributed by atoms with Crippen LogP contribution in [0.3, 0.4) is 0 Å². The van der Waals surface area contributed by atoms with Gasteiger partial charge in [0.1, 0.15) is 0 Å². The molecule has 0 aliphatic heterocycles. The van der Waals surface area contributed by atoms with Gasteiger partial charge in [-0.1, -0.05) is 48.0 Å². The van der Waals surface area contributed by atoms with Crippen LogP contribution in [-0.2, 0) is 0 Å². The molecular weight excluding hydrogens is 341 g/mol. The molecule has 0 heterocycles. The second-order valence-corrected chi connectivity index (χ2v) is 5.96. The molecule has 0 fully saturated rings. The number of benzene rings is 2. The van der Waals surface area contributed by atoms with Gasteiger partial charge in [-0.25, -0.2) is 0 Å². The van der Waals surface area contributed by atoms with Crippen molar-refractivity contribution in [1.82, 2.24) is 4.90 Å². The zero-order valence-corrected chi connectivity index (χ0v) is 15.5. The van der Waals surface area contributed by atoms with Crippen LogP contribution in [0.2, 0.25) is 5.02 Å². The SMILES string of the molecule is CN(C)CCC(/C=C/c1ccccc1)=N\Nc1ccc(Cl)cc1.Cl. The Hall–Kier alpha value is -1.81. The molecule has 0 aliphatic carbocycles. The molecule has 0 saturated heterocycles. The lowest BCUT2D eigenvalue weighted by Gasteiger charge is -2.09. The molecule has 2 rings (SSSR count). The summed E-state index contributed by atoms with van der Waals surface area (Å²) >= 11 is 5.90. The number of halogens is 2. The first-order valence-corrected chi connectivity index (χ1v) is 7.97. The highest BCUT2D eigenvalue weighted by atomic mass is 35.5. The first-order valence-electron chi connectivity index (χ1n) is 7.59. The summed E-state index contributed by atoms with van der Waals surface area (Å²) in [6.45, 7) is 0.945. The van der Waals surface area contributed by atoms with E-state index in [1.165, 1.54) is 0 Å². The predicted octanol–water partition coefficient (Wildman–Crippen LogP) is 5.19. The van der Waals surface area contributed by atoms with Crippen LogP contribution >= 0.6 is 24.0 Å². The van der Waals surface area contributed by atoms with E-state index in [2.05, 4.69) is 53.8 Å². The second-order valence-electron chi connectivity index (χ2n) is 5.52. The summed E-state index contributed by atoms with van der Waals surface area (Å²) in [6, 6.07) is 17.7. The molecule has 1 N–H and O–H groups in total. The number of allylic oxidation sites excluding steroid dienone is 1. The molecule has 5 heteroatoms. The second kappa shape index (κ2) is 10.9. The van der Waals surface area contributed by atoms with Gasteiger partial charge in [0, 0.05) is 18.0 Å². The molecule has 0 spiro atoms. The highest BCUT2D eigenvalue weighted by Crippen LogP contribution is 2.13. The van der Waals surface area contributed by atoms with Crippen molar-refractivity contribution in [2.45, 2.75) is 6.42 Å². The van der Waals surface area contributed by atoms with Crippen molar-refractivity contribution in [3.8, 4) is 0 Å². The molecule has 0 radical (unpaired) electrons. The predicted molar refractivity (Wildman–Crippen MR) is 108 cm³/mol. The van der Waals surface area contributed by atoms with Gasteiger partial charge in [-0.3, -0.25) is 5.43 Å². The zero-order chi connectivity index (χ0) is 16.5. The molecule has 0 atom stereocenters. The molecular formula is C19H23Cl2N3. The summed E-state index contributed by atoms with van der Waals surface area (Å²) in [4.78, 5) is 2.15. The Labute approximate surface area is 155 Å². The summed E-state index contributed by atoms with van der Waals surface area (Å²) in [7, 11) is 4.12. The molecule has 2 aromatic carbocycles. The minimum absolute atomic E-state index is 0. The largest absolute Gasteiger partial charge is 0.309 e. The van der Waals surface area contributed by atoms with E-state index in [9.17, 15) is 0 Å². The van der Waals surface area contributed by atoms with Crippen molar-refractivity contribution in [2.75, 3.05) is 26.1 Å². The Balaban J connectivity index is 0.00000288. The van der Waals surface area contributed by atoms with E-state index in [1.54, 1.807) is 0 Å². The van der Waals surface area contributed by atoms with Crippen molar-refractivity contribution in [3.05, 3.63) is 71.3 Å². The van der Waals surface area contributed by atoms with Crippen molar-refractivity contribution < 1.29 is 0 Å². The van der Waals surface area contributed by atoms with Crippen molar-refractivity contribution in [2.24, 2.45) is 5.10 Å². The third-order valence-electron chi connectivity index (χ3n) is 3.26. The normalized spacial score (nSPS) is 11.6. The molecule has 0 aliphatic rings. The first kappa shape index (κ1) is 20.2. The van der Waals surface area contributed by atoms with Crippen molar-refractivity contribution >= 4 is 41.5 Å². The van der Waals surface area contributed by atoms with Gasteiger partial charge >= 0.3 is 0 Å². The fourth-order valence-electron chi connectivity index (χ4n) is 1.93. The first-order chi connectivity index (χ1) is 11.1. The summed E-state index contributed by atoms with van der Waals surface area (Å²) in [5.41, 5.74) is 6.17. The molecule has 0 amide bonds. The third kappa shape index (κ3) is 7.64. The van der Waals surface area contributed by atoms with Gasteiger partial charge < -0.3 is 4.90 Å². The molecule has 3 nitrogen and oxygen atoms in total. The molecule has 0 bridgehead atoms. The lowest BCUT2D eigenvalue weighted by Crippen LogP contribution is -2.16. The van der Waals surface area contributed by atoms with Crippen LogP contribution < -0.4 is 5.43 Å². The van der Waals surface area contributed by atoms with E-state index in [0.29, 0.717) is 0 Å². The zero-order valence-electron chi connectivity index (χ0n) is 13.9. The summed E-state index contributed by atoms with van der Waals surface area (Å²) in [5, 5.41) is 5.24. The number of rotatable bonds is 7. The van der Waals surface area contributed by atoms with Gasteiger partial charge in [-0.05, 0) is 50.0 Å². The van der Waals surface area contributed by atoms with E-state index in [-0.39, 0.29) is 12.4 Å². The van der Waals surface area contributed by atoms with E-state index in [1.807, 2.05) is 42.5 Å². The van der Waals surface area contributed by atoms with E-state index < -0.39 is 0 Å². The fourth-order valence-corrected chi connectivity index (χ4v) is 2.06. The Morgan fingerprint density at radius 3 is 2.38 bits per heavy atom. The van der Waals surface area contributed by atoms with Gasteiger partial charge in [0.05, 0.1) is 11.4 Å². The van der Waals surface area contributed by atoms with Gasteiger partial charge in [0.2, 0.25) is 0 Å². The Kier molecular flexibility index (Phi) is 9.16. The number of hydrogen-bond donors (Lipinski definition) is 1. The van der Waals surface area contributed by atoms with Crippen LogP contribution in [0.25, 0.3) is 6.08 Å². The highest BCUT2D eigenvalue weighted by molar-refractivity contribution is 6.30. The highest BCUT2D eigenvalue weighted by Gasteiger charge is 1.98. The minimum Gasteiger partial charge on any atom is -0.309 e. The van der Waals surface area contributed by atoms with E-state index in [4.69, 9.17) is 11.6 Å². The van der Waals surface area contributed by atoms with Crippen LogP contribution in [0.15, 0.2) is 65.8 Å². The smallest absolute Gasteiger partial charge is 0.0620 e. The van der Waals surface area contributed by atoms with Crippen LogP contribution in [-0.4, -0.2) is 31.3 Å². The number of anilines is 1. The Morgan fingerprint density at radius 2 is 1.75 bits per heavy atom. The average molecular weight is 364 g/mol. The Morgan fingerprint density at radius 1 is 1.08 bits per heavy atom. The van der Waals surface area contributed by atoms with Gasteiger partial charge in [0.15, 0.2) is 0 Å². The topological polar surface area (TPSA) is 27.6 Å². The number of nitrogens with zero attached hydrogens (tertiary/aromatic N) is 2. The molecule has 0 unspecified atom stereocenters. The maximum absolute atomic E-state index is 5.90. The maximum atomic E-state index is 5.90. The Bertz CT molecular complexity index is 650. The van der Waals surface area contributed by atoms with Crippen LogP contribution in [0.4, 0.5) is 5.69 Å². The standard InChI is InChI=1S/C19H22ClN3.ClH/c1-23(2)15-14-19(11-8-16-6-4-3-5-7-16)22-21-18-12-9-17(20)10-13-18;/h3-13,21H,14-15H2,1-2H3;1H/b11-8+,22-19-;. The summed E-state index contributed by atoms with van der Waals surface area (Å²) in [6.07, 6.45) is 5.01. The van der Waals surface area contributed by atoms with Crippen LogP contribution in [0.5, 0.6) is 0 Å². The average Bonchev–Trinajstić information content (AvgIpc) is 2.56. The van der Waals surface area contributed by atoms with E-state index in [0.717, 1.165) is 35.0 Å². The van der Waals surface area contributed by atoms with Crippen LogP contribution in [0.1, 0.15) is 12.0 Å². The molecule has 0 aromatic heterocycles. The van der Waals surface area contributed by atoms with Gasteiger partial charge in [-0.15, -0.1) is 12.4 Å². The molecule has 24 heavy (non-hydrogen) atoms. The van der Waals surface area contributed by atoms with Crippen LogP contribution in [0, 0.1) is 0 Å². The monoisotopic (exact) mass is 363 g/mol. The third-order valence-corrected chi connectivity index (χ3v) is 3.51. The lowest BCUT2D eigenvalue weighted by molar-refractivity contribution is 0.422. The number of hydrazone groups is 1. The summed E-state index contributed by atoms with van der Waals surface area (Å²) in [5.74, 6) is 0. The quantitative estimate of drug-likeness (QED) is 0.541. The minimum atomic E-state index is 0. The van der Waals surface area contributed by atoms with Gasteiger partial charge in [-0.2, -0.15) is 5.10 Å². The van der Waals surface area contributed by atoms with Crippen molar-refractivity contribution in [3.63, 3.8) is 0 Å². The molecule has 2 aromatic rings. The number of nitrogens with one attached hydrogen (secondary N) is 1. The van der Waals surface area contributed by atoms with E-state index >= 15 is 0 Å². The fraction of sp³-hybridized carbons (Fsp3) is 0.211. The van der Waals surface area contributed by atoms with Crippen molar-refractivity contribution in [1.29, 1.82) is 0 Å². The molecule has 0 saturated carbocycles. The van der Waals surface area contributed by atoms with Gasteiger partial charge in [0.25, 0.3) is 0 Å². The summed E-state index contributed by atoms with van der Waals surface area (Å²) < 4.78 is 0. The number of hydrogen-bond acceptors (Lipinski definition) is 3. The maximum Gasteiger partial charge on any atom is 0.0620 e. The molecule has 128 valence electrons. The lowest BCUT2D eigenvalue weighted by atomic mass is 10.1.